The molecule has 0 fully saturated rings. The molecule has 3 rings (SSSR count). The second-order valence-corrected chi connectivity index (χ2v) is 5.23. The molecule has 0 bridgehead atoms. The zero-order valence-corrected chi connectivity index (χ0v) is 12.8. The van der Waals surface area contributed by atoms with Crippen molar-refractivity contribution in [2.75, 3.05) is 12.4 Å². The first kappa shape index (κ1) is 15.0. The molecule has 0 amide bonds. The van der Waals surface area contributed by atoms with Crippen molar-refractivity contribution in [2.24, 2.45) is 0 Å². The van der Waals surface area contributed by atoms with Gasteiger partial charge in [-0.2, -0.15) is 0 Å². The van der Waals surface area contributed by atoms with Gasteiger partial charge in [-0.3, -0.25) is 0 Å². The van der Waals surface area contributed by atoms with Gasteiger partial charge in [0.2, 0.25) is 5.95 Å². The van der Waals surface area contributed by atoms with E-state index in [1.807, 2.05) is 13.0 Å². The molecule has 1 aromatic heterocycles. The molecule has 0 saturated carbocycles. The van der Waals surface area contributed by atoms with Crippen molar-refractivity contribution in [3.05, 3.63) is 47.3 Å². The molecule has 0 aliphatic rings. The van der Waals surface area contributed by atoms with Crippen molar-refractivity contribution >= 4 is 29.0 Å². The van der Waals surface area contributed by atoms with Crippen LogP contribution in [-0.4, -0.2) is 23.4 Å². The molecule has 6 heteroatoms. The van der Waals surface area contributed by atoms with Gasteiger partial charge in [-0.05, 0) is 48.4 Å². The molecule has 2 aromatic carbocycles. The number of rotatable bonds is 5. The molecule has 0 unspecified atom stereocenters. The number of imidazole rings is 1. The summed E-state index contributed by atoms with van der Waals surface area (Å²) in [6, 6.07) is 8.16. The van der Waals surface area contributed by atoms with Gasteiger partial charge in [-0.15, -0.1) is 0 Å². The number of aryl methyl sites for hydroxylation is 1. The molecule has 23 heavy (non-hydrogen) atoms. The maximum atomic E-state index is 13.2. The van der Waals surface area contributed by atoms with Gasteiger partial charge in [-0.1, -0.05) is 0 Å². The molecule has 0 aliphatic carbocycles. The van der Waals surface area contributed by atoms with E-state index >= 15 is 0 Å². The van der Waals surface area contributed by atoms with Crippen molar-refractivity contribution in [1.29, 1.82) is 0 Å². The molecule has 3 aromatic rings. The van der Waals surface area contributed by atoms with E-state index in [1.165, 1.54) is 12.1 Å². The first-order valence-corrected chi connectivity index (χ1v) is 7.14. The second kappa shape index (κ2) is 6.08. The quantitative estimate of drug-likeness (QED) is 0.707. The summed E-state index contributed by atoms with van der Waals surface area (Å²) in [5, 5.41) is 3.13. The molecular formula is C17H16FN3O2. The molecule has 0 aliphatic heterocycles. The average molecular weight is 313 g/mol. The Kier molecular flexibility index (Phi) is 3.97. The molecule has 118 valence electrons. The highest BCUT2D eigenvalue weighted by atomic mass is 19.1. The number of nitrogens with one attached hydrogen (secondary N) is 2. The van der Waals surface area contributed by atoms with Gasteiger partial charge in [0.1, 0.15) is 23.4 Å². The zero-order valence-electron chi connectivity index (χ0n) is 12.8. The lowest BCUT2D eigenvalue weighted by Crippen LogP contribution is -1.95. The first-order chi connectivity index (χ1) is 11.1. The van der Waals surface area contributed by atoms with Crippen molar-refractivity contribution in [1.82, 2.24) is 9.97 Å². The molecule has 0 atom stereocenters. The second-order valence-electron chi connectivity index (χ2n) is 5.23. The van der Waals surface area contributed by atoms with E-state index < -0.39 is 0 Å². The summed E-state index contributed by atoms with van der Waals surface area (Å²) in [6.45, 7) is 1.82. The van der Waals surface area contributed by atoms with Gasteiger partial charge >= 0.3 is 0 Å². The third-order valence-electron chi connectivity index (χ3n) is 3.59. The van der Waals surface area contributed by atoms with E-state index in [-0.39, 0.29) is 5.82 Å². The van der Waals surface area contributed by atoms with E-state index in [4.69, 9.17) is 4.74 Å². The number of carbonyl (C=O) groups excluding carboxylic acids is 1. The van der Waals surface area contributed by atoms with E-state index in [0.717, 1.165) is 28.6 Å². The molecule has 0 spiro atoms. The van der Waals surface area contributed by atoms with E-state index in [2.05, 4.69) is 15.3 Å². The number of hydrogen-bond donors (Lipinski definition) is 2. The first-order valence-electron chi connectivity index (χ1n) is 7.14. The van der Waals surface area contributed by atoms with Gasteiger partial charge in [-0.25, -0.2) is 9.37 Å². The van der Waals surface area contributed by atoms with Crippen molar-refractivity contribution in [3.63, 3.8) is 0 Å². The van der Waals surface area contributed by atoms with Crippen LogP contribution in [0.2, 0.25) is 0 Å². The number of carbonyl (C=O) groups is 1. The number of nitrogens with zero attached hydrogens (tertiary/aromatic N) is 1. The monoisotopic (exact) mass is 313 g/mol. The van der Waals surface area contributed by atoms with Crippen molar-refractivity contribution in [3.8, 4) is 5.75 Å². The molecule has 0 radical (unpaired) electrons. The Labute approximate surface area is 132 Å². The summed E-state index contributed by atoms with van der Waals surface area (Å²) in [5.74, 6) is 0.841. The highest BCUT2D eigenvalue weighted by molar-refractivity contribution is 5.85. The van der Waals surface area contributed by atoms with Gasteiger partial charge in [0.25, 0.3) is 0 Å². The van der Waals surface area contributed by atoms with Gasteiger partial charge in [0, 0.05) is 12.1 Å². The van der Waals surface area contributed by atoms with Crippen LogP contribution < -0.4 is 10.1 Å². The number of halogens is 1. The minimum Gasteiger partial charge on any atom is -0.494 e. The number of ether oxygens (including phenoxy) is 1. The number of aromatic amines is 1. The minimum absolute atomic E-state index is 0.280. The SMILES string of the molecule is COc1cc(CC=O)cc2[nH]c(Nc3ccc(F)cc3C)nc12. The van der Waals surface area contributed by atoms with Gasteiger partial charge in [0.15, 0.2) is 0 Å². The van der Waals surface area contributed by atoms with E-state index in [1.54, 1.807) is 19.2 Å². The summed E-state index contributed by atoms with van der Waals surface area (Å²) < 4.78 is 18.5. The number of H-pyrrole nitrogens is 1. The maximum Gasteiger partial charge on any atom is 0.205 e. The van der Waals surface area contributed by atoms with Crippen LogP contribution >= 0.6 is 0 Å². The van der Waals surface area contributed by atoms with E-state index in [0.29, 0.717) is 23.6 Å². The standard InChI is InChI=1S/C17H16FN3O2/c1-10-7-12(18)3-4-13(10)19-17-20-14-8-11(5-6-22)9-15(23-2)16(14)21-17/h3-4,6-9H,5H2,1-2H3,(H2,19,20,21). The number of fused-ring (bicyclic) bond motifs is 1. The zero-order chi connectivity index (χ0) is 16.4. The minimum atomic E-state index is -0.280. The van der Waals surface area contributed by atoms with Crippen LogP contribution in [0.3, 0.4) is 0 Å². The third kappa shape index (κ3) is 3.01. The third-order valence-corrected chi connectivity index (χ3v) is 3.59. The molecular weight excluding hydrogens is 297 g/mol. The Morgan fingerprint density at radius 2 is 2.17 bits per heavy atom. The molecule has 5 nitrogen and oxygen atoms in total. The fraction of sp³-hybridized carbons (Fsp3) is 0.176. The lowest BCUT2D eigenvalue weighted by atomic mass is 10.1. The van der Waals surface area contributed by atoms with Crippen molar-refractivity contribution in [2.45, 2.75) is 13.3 Å². The Morgan fingerprint density at radius 1 is 1.35 bits per heavy atom. The van der Waals surface area contributed by atoms with Crippen LogP contribution in [0, 0.1) is 12.7 Å². The lowest BCUT2D eigenvalue weighted by Gasteiger charge is -2.06. The topological polar surface area (TPSA) is 67.0 Å². The van der Waals surface area contributed by atoms with E-state index in [9.17, 15) is 9.18 Å². The number of aldehydes is 1. The molecule has 2 N–H and O–H groups in total. The van der Waals surface area contributed by atoms with Gasteiger partial charge < -0.3 is 19.8 Å². The highest BCUT2D eigenvalue weighted by Crippen LogP contribution is 2.28. The summed E-state index contributed by atoms with van der Waals surface area (Å²) >= 11 is 0. The number of aromatic nitrogens is 2. The summed E-state index contributed by atoms with van der Waals surface area (Å²) in [4.78, 5) is 18.3. The van der Waals surface area contributed by atoms with Crippen molar-refractivity contribution < 1.29 is 13.9 Å². The average Bonchev–Trinajstić information content (AvgIpc) is 2.92. The predicted octanol–water partition coefficient (Wildman–Crippen LogP) is 3.50. The Bertz CT molecular complexity index is 874. The van der Waals surface area contributed by atoms with Crippen LogP contribution in [-0.2, 0) is 11.2 Å². The van der Waals surface area contributed by atoms with Crippen LogP contribution in [0.15, 0.2) is 30.3 Å². The highest BCUT2D eigenvalue weighted by Gasteiger charge is 2.11. The summed E-state index contributed by atoms with van der Waals surface area (Å²) in [5.41, 5.74) is 3.82. The summed E-state index contributed by atoms with van der Waals surface area (Å²) in [7, 11) is 1.56. The van der Waals surface area contributed by atoms with Crippen LogP contribution in [0.4, 0.5) is 16.0 Å². The largest absolute Gasteiger partial charge is 0.494 e. The lowest BCUT2D eigenvalue weighted by molar-refractivity contribution is -0.107. The Hall–Kier alpha value is -2.89. The number of benzene rings is 2. The number of hydrogen-bond acceptors (Lipinski definition) is 4. The normalized spacial score (nSPS) is 10.7. The van der Waals surface area contributed by atoms with Crippen LogP contribution in [0.1, 0.15) is 11.1 Å². The van der Waals surface area contributed by atoms with Crippen LogP contribution in [0.5, 0.6) is 5.75 Å². The van der Waals surface area contributed by atoms with Gasteiger partial charge in [0.05, 0.1) is 12.6 Å². The Balaban J connectivity index is 2.00. The van der Waals surface area contributed by atoms with Crippen LogP contribution in [0.25, 0.3) is 11.0 Å². The fourth-order valence-corrected chi connectivity index (χ4v) is 2.47. The Morgan fingerprint density at radius 3 is 2.87 bits per heavy atom. The maximum absolute atomic E-state index is 13.2. The molecule has 0 saturated heterocycles. The number of anilines is 2. The summed E-state index contributed by atoms with van der Waals surface area (Å²) in [6.07, 6.45) is 1.16. The number of methoxy groups -OCH3 is 1. The fourth-order valence-electron chi connectivity index (χ4n) is 2.47. The smallest absolute Gasteiger partial charge is 0.205 e. The molecule has 1 heterocycles. The predicted molar refractivity (Wildman–Crippen MR) is 86.8 cm³/mol.